The van der Waals surface area contributed by atoms with Gasteiger partial charge >= 0.3 is 0 Å². The first-order chi connectivity index (χ1) is 12.5. The van der Waals surface area contributed by atoms with Crippen LogP contribution in [0.1, 0.15) is 38.3 Å². The Hall–Kier alpha value is -3.37. The Kier molecular flexibility index (Phi) is 4.87. The number of carbonyl (C=O) groups is 1. The number of anilines is 1. The van der Waals surface area contributed by atoms with Crippen LogP contribution >= 0.6 is 11.5 Å². The van der Waals surface area contributed by atoms with Crippen molar-refractivity contribution < 1.29 is 4.79 Å². The van der Waals surface area contributed by atoms with Crippen molar-refractivity contribution in [3.8, 4) is 6.07 Å². The summed E-state index contributed by atoms with van der Waals surface area (Å²) in [4.78, 5) is 16.6. The molecule has 0 spiro atoms. The second kappa shape index (κ2) is 7.25. The lowest BCUT2D eigenvalue weighted by molar-refractivity contribution is 0.102. The molecule has 6 nitrogen and oxygen atoms in total. The van der Waals surface area contributed by atoms with E-state index in [4.69, 9.17) is 10.7 Å². The number of hydrogen-bond donors (Lipinski definition) is 2. The van der Waals surface area contributed by atoms with Crippen molar-refractivity contribution in [2.75, 3.05) is 5.32 Å². The minimum Gasteiger partial charge on any atom is -0.321 e. The molecule has 1 aromatic carbocycles. The summed E-state index contributed by atoms with van der Waals surface area (Å²) in [5, 5.41) is 21.9. The van der Waals surface area contributed by atoms with E-state index in [9.17, 15) is 4.79 Å². The van der Waals surface area contributed by atoms with Gasteiger partial charge in [0.15, 0.2) is 0 Å². The van der Waals surface area contributed by atoms with Crippen molar-refractivity contribution in [1.82, 2.24) is 9.36 Å². The highest BCUT2D eigenvalue weighted by atomic mass is 32.1. The summed E-state index contributed by atoms with van der Waals surface area (Å²) in [6.07, 6.45) is 3.03. The number of rotatable bonds is 4. The summed E-state index contributed by atoms with van der Waals surface area (Å²) in [5.41, 5.74) is 4.66. The SMILES string of the molecule is Cc1ccc(NC(=O)c2ncc(C#N)cc2C)cc1C(=N)c1cnsc1. The van der Waals surface area contributed by atoms with Crippen LogP contribution in [-0.4, -0.2) is 21.0 Å². The molecule has 0 aliphatic carbocycles. The van der Waals surface area contributed by atoms with Crippen molar-refractivity contribution in [3.05, 3.63) is 75.6 Å². The summed E-state index contributed by atoms with van der Waals surface area (Å²) in [5.74, 6) is -0.356. The van der Waals surface area contributed by atoms with E-state index in [1.165, 1.54) is 17.7 Å². The van der Waals surface area contributed by atoms with Crippen LogP contribution in [0.25, 0.3) is 0 Å². The Morgan fingerprint density at radius 3 is 2.69 bits per heavy atom. The fourth-order valence-electron chi connectivity index (χ4n) is 2.52. The van der Waals surface area contributed by atoms with Gasteiger partial charge in [0.1, 0.15) is 11.8 Å². The van der Waals surface area contributed by atoms with E-state index in [1.807, 2.05) is 24.4 Å². The highest BCUT2D eigenvalue weighted by Gasteiger charge is 2.14. The van der Waals surface area contributed by atoms with Gasteiger partial charge in [-0.15, -0.1) is 0 Å². The van der Waals surface area contributed by atoms with Crippen LogP contribution in [0.5, 0.6) is 0 Å². The Bertz CT molecular complexity index is 1030. The van der Waals surface area contributed by atoms with E-state index in [0.717, 1.165) is 16.7 Å². The summed E-state index contributed by atoms with van der Waals surface area (Å²) in [6.45, 7) is 3.66. The summed E-state index contributed by atoms with van der Waals surface area (Å²) >= 11 is 1.29. The van der Waals surface area contributed by atoms with E-state index in [-0.39, 0.29) is 11.6 Å². The first-order valence-corrected chi connectivity index (χ1v) is 8.60. The zero-order chi connectivity index (χ0) is 18.7. The van der Waals surface area contributed by atoms with Crippen LogP contribution in [0, 0.1) is 30.6 Å². The number of nitrogens with zero attached hydrogens (tertiary/aromatic N) is 3. The number of aromatic nitrogens is 2. The maximum absolute atomic E-state index is 12.5. The van der Waals surface area contributed by atoms with E-state index in [0.29, 0.717) is 22.5 Å². The Morgan fingerprint density at radius 1 is 1.23 bits per heavy atom. The van der Waals surface area contributed by atoms with Crippen LogP contribution in [0.3, 0.4) is 0 Å². The lowest BCUT2D eigenvalue weighted by atomic mass is 10.00. The monoisotopic (exact) mass is 361 g/mol. The fourth-order valence-corrected chi connectivity index (χ4v) is 3.04. The van der Waals surface area contributed by atoms with Gasteiger partial charge in [0.25, 0.3) is 5.91 Å². The lowest BCUT2D eigenvalue weighted by Crippen LogP contribution is -2.16. The molecule has 2 aromatic heterocycles. The van der Waals surface area contributed by atoms with E-state index in [2.05, 4.69) is 14.7 Å². The zero-order valence-electron chi connectivity index (χ0n) is 14.2. The fraction of sp³-hybridized carbons (Fsp3) is 0.105. The topological polar surface area (TPSA) is 103 Å². The number of amides is 1. The summed E-state index contributed by atoms with van der Waals surface area (Å²) in [6, 6.07) is 9.04. The molecule has 26 heavy (non-hydrogen) atoms. The normalized spacial score (nSPS) is 10.2. The molecule has 2 N–H and O–H groups in total. The smallest absolute Gasteiger partial charge is 0.274 e. The van der Waals surface area contributed by atoms with Crippen molar-refractivity contribution in [2.45, 2.75) is 13.8 Å². The first-order valence-electron chi connectivity index (χ1n) is 7.77. The molecule has 0 saturated heterocycles. The second-order valence-electron chi connectivity index (χ2n) is 5.77. The number of pyridine rings is 1. The van der Waals surface area contributed by atoms with E-state index < -0.39 is 0 Å². The largest absolute Gasteiger partial charge is 0.321 e. The van der Waals surface area contributed by atoms with Crippen molar-refractivity contribution in [1.29, 1.82) is 10.7 Å². The van der Waals surface area contributed by atoms with Crippen LogP contribution < -0.4 is 5.32 Å². The maximum Gasteiger partial charge on any atom is 0.274 e. The van der Waals surface area contributed by atoms with Gasteiger partial charge in [0, 0.05) is 28.4 Å². The second-order valence-corrected chi connectivity index (χ2v) is 6.43. The molecule has 7 heteroatoms. The molecule has 0 fully saturated rings. The molecular weight excluding hydrogens is 346 g/mol. The van der Waals surface area contributed by atoms with Gasteiger partial charge in [0.05, 0.1) is 17.5 Å². The average molecular weight is 361 g/mol. The third-order valence-electron chi connectivity index (χ3n) is 3.91. The van der Waals surface area contributed by atoms with Crippen LogP contribution in [0.2, 0.25) is 0 Å². The van der Waals surface area contributed by atoms with Crippen LogP contribution in [0.4, 0.5) is 5.69 Å². The Morgan fingerprint density at radius 2 is 2.04 bits per heavy atom. The van der Waals surface area contributed by atoms with Gasteiger partial charge in [-0.25, -0.2) is 9.36 Å². The molecule has 0 aliphatic heterocycles. The Labute approximate surface area is 154 Å². The minimum absolute atomic E-state index is 0.267. The molecule has 0 atom stereocenters. The molecule has 1 amide bonds. The molecule has 3 aromatic rings. The quantitative estimate of drug-likeness (QED) is 0.692. The molecule has 0 aliphatic rings. The summed E-state index contributed by atoms with van der Waals surface area (Å²) < 4.78 is 4.03. The molecule has 2 heterocycles. The third-order valence-corrected chi connectivity index (χ3v) is 4.49. The third kappa shape index (κ3) is 3.50. The predicted octanol–water partition coefficient (Wildman–Crippen LogP) is 3.70. The van der Waals surface area contributed by atoms with Crippen molar-refractivity contribution in [2.24, 2.45) is 0 Å². The average Bonchev–Trinajstić information content (AvgIpc) is 3.17. The van der Waals surface area contributed by atoms with Gasteiger partial charge in [-0.2, -0.15) is 5.26 Å². The molecule has 0 unspecified atom stereocenters. The van der Waals surface area contributed by atoms with E-state index in [1.54, 1.807) is 31.3 Å². The number of nitrogens with one attached hydrogen (secondary N) is 2. The molecule has 0 radical (unpaired) electrons. The van der Waals surface area contributed by atoms with E-state index >= 15 is 0 Å². The standard InChI is InChI=1S/C19H15N5OS/c1-11-3-4-15(6-16(11)17(21)14-9-23-26-10-14)24-19(25)18-12(2)5-13(7-20)8-22-18/h3-6,8-10,21H,1-2H3,(H,24,25). The predicted molar refractivity (Wildman–Crippen MR) is 101 cm³/mol. The highest BCUT2D eigenvalue weighted by Crippen LogP contribution is 2.20. The number of hydrogen-bond acceptors (Lipinski definition) is 6. The number of carbonyl (C=O) groups excluding carboxylic acids is 1. The first kappa shape index (κ1) is 17.5. The molecule has 0 saturated carbocycles. The van der Waals surface area contributed by atoms with Gasteiger partial charge in [-0.3, -0.25) is 10.2 Å². The molecule has 128 valence electrons. The number of benzene rings is 1. The van der Waals surface area contributed by atoms with Gasteiger partial charge in [-0.05, 0) is 54.7 Å². The van der Waals surface area contributed by atoms with Crippen LogP contribution in [-0.2, 0) is 0 Å². The molecular formula is C19H15N5OS. The molecule has 0 bridgehead atoms. The number of aryl methyl sites for hydroxylation is 2. The van der Waals surface area contributed by atoms with Gasteiger partial charge in [-0.1, -0.05) is 6.07 Å². The van der Waals surface area contributed by atoms with Crippen molar-refractivity contribution in [3.63, 3.8) is 0 Å². The number of nitriles is 1. The zero-order valence-corrected chi connectivity index (χ0v) is 15.0. The maximum atomic E-state index is 12.5. The minimum atomic E-state index is -0.356. The summed E-state index contributed by atoms with van der Waals surface area (Å²) in [7, 11) is 0. The highest BCUT2D eigenvalue weighted by molar-refractivity contribution is 7.03. The lowest BCUT2D eigenvalue weighted by Gasteiger charge is -2.11. The van der Waals surface area contributed by atoms with Crippen LogP contribution in [0.15, 0.2) is 42.0 Å². The van der Waals surface area contributed by atoms with Crippen molar-refractivity contribution >= 4 is 28.8 Å². The molecule has 3 rings (SSSR count). The van der Waals surface area contributed by atoms with Gasteiger partial charge < -0.3 is 5.32 Å². The van der Waals surface area contributed by atoms with Gasteiger partial charge in [0.2, 0.25) is 0 Å². The Balaban J connectivity index is 1.87.